The van der Waals surface area contributed by atoms with Crippen LogP contribution in [0, 0.1) is 11.7 Å². The van der Waals surface area contributed by atoms with E-state index in [1.54, 1.807) is 20.8 Å². The third-order valence-corrected chi connectivity index (χ3v) is 2.19. The lowest BCUT2D eigenvalue weighted by Crippen LogP contribution is -2.38. The summed E-state index contributed by atoms with van der Waals surface area (Å²) in [4.78, 5) is 37.7. The van der Waals surface area contributed by atoms with Crippen molar-refractivity contribution < 1.29 is 14.0 Å². The van der Waals surface area contributed by atoms with Gasteiger partial charge < -0.3 is 10.6 Å². The standard InChI is InChI=1S/C11H15FN4O3/c1-4-13-10(18)16-5-7(12)8(15-11(16)19)14-9(17)6(2)3/h5-6H,4H2,1-3H3,(H,13,18)(H,14,15,17,19). The topological polar surface area (TPSA) is 93.1 Å². The molecule has 0 fully saturated rings. The number of carbonyl (C=O) groups is 2. The minimum atomic E-state index is -0.966. The Morgan fingerprint density at radius 3 is 2.63 bits per heavy atom. The van der Waals surface area contributed by atoms with E-state index < -0.39 is 29.3 Å². The largest absolute Gasteiger partial charge is 0.358 e. The molecule has 0 spiro atoms. The fraction of sp³-hybridized carbons (Fsp3) is 0.455. The molecule has 0 aliphatic carbocycles. The Morgan fingerprint density at radius 2 is 2.11 bits per heavy atom. The van der Waals surface area contributed by atoms with Gasteiger partial charge in [-0.25, -0.2) is 18.5 Å². The van der Waals surface area contributed by atoms with Crippen LogP contribution >= 0.6 is 0 Å². The highest BCUT2D eigenvalue weighted by molar-refractivity contribution is 5.91. The molecule has 0 aliphatic heterocycles. The first kappa shape index (κ1) is 14.8. The van der Waals surface area contributed by atoms with Gasteiger partial charge in [0.2, 0.25) is 5.91 Å². The average Bonchev–Trinajstić information content (AvgIpc) is 2.33. The van der Waals surface area contributed by atoms with Gasteiger partial charge in [-0.15, -0.1) is 0 Å². The quantitative estimate of drug-likeness (QED) is 0.839. The van der Waals surface area contributed by atoms with Crippen LogP contribution in [0.25, 0.3) is 0 Å². The highest BCUT2D eigenvalue weighted by Gasteiger charge is 2.16. The van der Waals surface area contributed by atoms with Crippen molar-refractivity contribution in [3.63, 3.8) is 0 Å². The maximum absolute atomic E-state index is 13.6. The fourth-order valence-corrected chi connectivity index (χ4v) is 1.16. The molecule has 0 unspecified atom stereocenters. The molecule has 1 heterocycles. The molecule has 0 aromatic carbocycles. The maximum atomic E-state index is 13.6. The minimum absolute atomic E-state index is 0.290. The maximum Gasteiger partial charge on any atom is 0.358 e. The lowest BCUT2D eigenvalue weighted by atomic mass is 10.2. The number of amides is 2. The normalized spacial score (nSPS) is 10.4. The molecule has 0 bridgehead atoms. The van der Waals surface area contributed by atoms with Crippen LogP contribution in [-0.2, 0) is 4.79 Å². The number of hydrogen-bond acceptors (Lipinski definition) is 4. The van der Waals surface area contributed by atoms with Gasteiger partial charge in [0, 0.05) is 12.5 Å². The summed E-state index contributed by atoms with van der Waals surface area (Å²) in [5, 5.41) is 4.52. The van der Waals surface area contributed by atoms with Gasteiger partial charge in [0.15, 0.2) is 11.6 Å². The Labute approximate surface area is 108 Å². The average molecular weight is 270 g/mol. The molecular formula is C11H15FN4O3. The van der Waals surface area contributed by atoms with Crippen molar-refractivity contribution in [1.29, 1.82) is 0 Å². The van der Waals surface area contributed by atoms with Crippen molar-refractivity contribution in [2.45, 2.75) is 20.8 Å². The second-order valence-corrected chi connectivity index (χ2v) is 4.07. The second-order valence-electron chi connectivity index (χ2n) is 4.07. The molecule has 2 amide bonds. The van der Waals surface area contributed by atoms with Gasteiger partial charge in [-0.05, 0) is 6.92 Å². The zero-order chi connectivity index (χ0) is 14.6. The zero-order valence-electron chi connectivity index (χ0n) is 10.9. The summed E-state index contributed by atoms with van der Waals surface area (Å²) in [6.07, 6.45) is 0.691. The van der Waals surface area contributed by atoms with E-state index in [0.29, 0.717) is 17.3 Å². The molecule has 104 valence electrons. The summed E-state index contributed by atoms with van der Waals surface area (Å²) in [5.74, 6) is -2.29. The predicted octanol–water partition coefficient (Wildman–Crippen LogP) is 0.554. The lowest BCUT2D eigenvalue weighted by molar-refractivity contribution is -0.118. The van der Waals surface area contributed by atoms with Crippen LogP contribution in [0.3, 0.4) is 0 Å². The number of carbonyl (C=O) groups excluding carboxylic acids is 2. The highest BCUT2D eigenvalue weighted by atomic mass is 19.1. The number of aromatic nitrogens is 2. The van der Waals surface area contributed by atoms with Crippen molar-refractivity contribution in [1.82, 2.24) is 14.9 Å². The third kappa shape index (κ3) is 3.60. The van der Waals surface area contributed by atoms with E-state index in [9.17, 15) is 18.8 Å². The van der Waals surface area contributed by atoms with Gasteiger partial charge in [0.1, 0.15) is 0 Å². The number of halogens is 1. The number of nitrogens with zero attached hydrogens (tertiary/aromatic N) is 2. The first-order valence-corrected chi connectivity index (χ1v) is 5.75. The zero-order valence-corrected chi connectivity index (χ0v) is 10.9. The molecule has 0 aliphatic rings. The molecular weight excluding hydrogens is 255 g/mol. The molecule has 0 saturated heterocycles. The molecule has 0 atom stereocenters. The molecule has 1 aromatic heterocycles. The molecule has 8 heteroatoms. The summed E-state index contributed by atoms with van der Waals surface area (Å²) in [6.45, 7) is 5.18. The number of hydrogen-bond donors (Lipinski definition) is 2. The summed E-state index contributed by atoms with van der Waals surface area (Å²) in [7, 11) is 0. The van der Waals surface area contributed by atoms with Crippen LogP contribution in [0.1, 0.15) is 20.8 Å². The van der Waals surface area contributed by atoms with E-state index in [4.69, 9.17) is 0 Å². The monoisotopic (exact) mass is 270 g/mol. The Bertz CT molecular complexity index is 553. The Hall–Kier alpha value is -2.25. The Balaban J connectivity index is 3.07. The first-order chi connectivity index (χ1) is 8.86. The molecule has 7 nitrogen and oxygen atoms in total. The third-order valence-electron chi connectivity index (χ3n) is 2.19. The van der Waals surface area contributed by atoms with E-state index in [0.717, 1.165) is 0 Å². The van der Waals surface area contributed by atoms with E-state index in [2.05, 4.69) is 15.6 Å². The van der Waals surface area contributed by atoms with Crippen LogP contribution in [0.4, 0.5) is 15.0 Å². The Morgan fingerprint density at radius 1 is 1.47 bits per heavy atom. The van der Waals surface area contributed by atoms with E-state index in [1.165, 1.54) is 0 Å². The fourth-order valence-electron chi connectivity index (χ4n) is 1.16. The van der Waals surface area contributed by atoms with Crippen molar-refractivity contribution >= 4 is 17.8 Å². The van der Waals surface area contributed by atoms with Gasteiger partial charge in [-0.1, -0.05) is 13.8 Å². The summed E-state index contributed by atoms with van der Waals surface area (Å²) < 4.78 is 14.1. The number of rotatable bonds is 3. The number of nitrogens with one attached hydrogen (secondary N) is 2. The van der Waals surface area contributed by atoms with E-state index >= 15 is 0 Å². The molecule has 0 saturated carbocycles. The SMILES string of the molecule is CCNC(=O)n1cc(F)c(NC(=O)C(C)C)nc1=O. The number of anilines is 1. The van der Waals surface area contributed by atoms with Crippen LogP contribution in [0.5, 0.6) is 0 Å². The smallest absolute Gasteiger partial charge is 0.338 e. The van der Waals surface area contributed by atoms with Gasteiger partial charge in [0.25, 0.3) is 0 Å². The van der Waals surface area contributed by atoms with Gasteiger partial charge in [-0.3, -0.25) is 4.79 Å². The molecule has 0 radical (unpaired) electrons. The Kier molecular flexibility index (Phi) is 4.74. The van der Waals surface area contributed by atoms with Crippen molar-refractivity contribution in [2.24, 2.45) is 5.92 Å². The first-order valence-electron chi connectivity index (χ1n) is 5.75. The highest BCUT2D eigenvalue weighted by Crippen LogP contribution is 2.08. The van der Waals surface area contributed by atoms with Gasteiger partial charge in [-0.2, -0.15) is 4.98 Å². The summed E-state index contributed by atoms with van der Waals surface area (Å²) in [6, 6.07) is -0.777. The van der Waals surface area contributed by atoms with Crippen LogP contribution in [-0.4, -0.2) is 28.0 Å². The van der Waals surface area contributed by atoms with Gasteiger partial charge >= 0.3 is 11.7 Å². The van der Waals surface area contributed by atoms with Crippen molar-refractivity contribution in [2.75, 3.05) is 11.9 Å². The second kappa shape index (κ2) is 6.07. The molecule has 1 rings (SSSR count). The van der Waals surface area contributed by atoms with E-state index in [1.807, 2.05) is 0 Å². The molecule has 2 N–H and O–H groups in total. The van der Waals surface area contributed by atoms with Crippen LogP contribution in [0.15, 0.2) is 11.0 Å². The van der Waals surface area contributed by atoms with Crippen LogP contribution in [0.2, 0.25) is 0 Å². The predicted molar refractivity (Wildman–Crippen MR) is 66.4 cm³/mol. The summed E-state index contributed by atoms with van der Waals surface area (Å²) >= 11 is 0. The van der Waals surface area contributed by atoms with Crippen molar-refractivity contribution in [3.8, 4) is 0 Å². The van der Waals surface area contributed by atoms with Gasteiger partial charge in [0.05, 0.1) is 6.20 Å². The minimum Gasteiger partial charge on any atom is -0.338 e. The van der Waals surface area contributed by atoms with E-state index in [-0.39, 0.29) is 5.92 Å². The van der Waals surface area contributed by atoms with Crippen molar-refractivity contribution in [3.05, 3.63) is 22.5 Å². The molecule has 19 heavy (non-hydrogen) atoms. The summed E-state index contributed by atoms with van der Waals surface area (Å²) in [5.41, 5.74) is -0.966. The van der Waals surface area contributed by atoms with Crippen LogP contribution < -0.4 is 16.3 Å². The lowest BCUT2D eigenvalue weighted by Gasteiger charge is -2.09. The molecule has 1 aromatic rings.